The van der Waals surface area contributed by atoms with E-state index in [4.69, 9.17) is 12.2 Å². The lowest BCUT2D eigenvalue weighted by molar-refractivity contribution is -0.122. The third-order valence-electron chi connectivity index (χ3n) is 5.43. The molecule has 1 amide bonds. The Hall–Kier alpha value is -2.48. The van der Waals surface area contributed by atoms with Crippen LogP contribution in [0.5, 0.6) is 0 Å². The number of rotatable bonds is 3. The Morgan fingerprint density at radius 2 is 2.08 bits per heavy atom. The van der Waals surface area contributed by atoms with Crippen LogP contribution in [0.4, 0.5) is 0 Å². The van der Waals surface area contributed by atoms with Crippen LogP contribution in [0.3, 0.4) is 0 Å². The van der Waals surface area contributed by atoms with Gasteiger partial charge in [-0.25, -0.2) is 4.68 Å². The van der Waals surface area contributed by atoms with Crippen molar-refractivity contribution in [3.63, 3.8) is 0 Å². The number of fused-ring (bicyclic) bond motifs is 3. The average Bonchev–Trinajstić information content (AvgIpc) is 3.26. The minimum atomic E-state index is -0.382. The van der Waals surface area contributed by atoms with Gasteiger partial charge in [-0.2, -0.15) is 5.10 Å². The number of hydrogen-bond donors (Lipinski definition) is 3. The van der Waals surface area contributed by atoms with Gasteiger partial charge in [0.1, 0.15) is 6.54 Å². The number of nitrogens with one attached hydrogen (secondary N) is 3. The summed E-state index contributed by atoms with van der Waals surface area (Å²) in [7, 11) is 0. The van der Waals surface area contributed by atoms with E-state index in [1.54, 1.807) is 18.3 Å². The maximum Gasteiger partial charge on any atom is 0.275 e. The van der Waals surface area contributed by atoms with Crippen LogP contribution in [0.2, 0.25) is 0 Å². The third-order valence-corrected chi connectivity index (χ3v) is 5.65. The van der Waals surface area contributed by atoms with Crippen molar-refractivity contribution in [1.82, 2.24) is 25.9 Å². The monoisotopic (exact) mass is 371 g/mol. The topological polar surface area (TPSA) is 88.0 Å². The highest BCUT2D eigenvalue weighted by molar-refractivity contribution is 7.80. The Labute approximate surface area is 156 Å². The molecule has 3 N–H and O–H groups in total. The molecule has 4 rings (SSSR count). The fraction of sp³-hybridized carbons (Fsp3) is 0.444. The van der Waals surface area contributed by atoms with Crippen molar-refractivity contribution in [2.24, 2.45) is 11.8 Å². The van der Waals surface area contributed by atoms with Crippen LogP contribution in [-0.4, -0.2) is 26.8 Å². The fourth-order valence-electron chi connectivity index (χ4n) is 4.17. The van der Waals surface area contributed by atoms with E-state index in [1.165, 1.54) is 19.3 Å². The number of nitrogens with zero attached hydrogens (tertiary/aromatic N) is 2. The first-order valence-corrected chi connectivity index (χ1v) is 9.31. The molecule has 2 saturated carbocycles. The molecule has 3 atom stereocenters. The number of carbonyl (C=O) groups is 1. The van der Waals surface area contributed by atoms with Crippen molar-refractivity contribution < 1.29 is 4.79 Å². The van der Waals surface area contributed by atoms with Gasteiger partial charge in [0.25, 0.3) is 11.5 Å². The quantitative estimate of drug-likeness (QED) is 0.553. The lowest BCUT2D eigenvalue weighted by Gasteiger charge is -2.24. The zero-order valence-electron chi connectivity index (χ0n) is 14.3. The van der Waals surface area contributed by atoms with Crippen LogP contribution in [-0.2, 0) is 11.3 Å². The largest absolute Gasteiger partial charge is 0.358 e. The standard InChI is InChI=1S/C18H21N5O2S/c24-16(10-23-17(25)14-4-2-1-3-13(14)9-19-23)21-22-18(26)20-15-8-11-5-6-12(15)7-11/h1-4,9,11-12,15H,5-8,10H2,(H,21,24)(H2,20,22,26)/t11-,12-,15-/m1/s1. The van der Waals surface area contributed by atoms with Crippen LogP contribution in [0.1, 0.15) is 25.7 Å². The van der Waals surface area contributed by atoms with E-state index >= 15 is 0 Å². The Morgan fingerprint density at radius 1 is 1.23 bits per heavy atom. The summed E-state index contributed by atoms with van der Waals surface area (Å²) in [6.07, 6.45) is 6.60. The van der Waals surface area contributed by atoms with Crippen LogP contribution in [0.15, 0.2) is 35.3 Å². The fourth-order valence-corrected chi connectivity index (χ4v) is 4.37. The molecular weight excluding hydrogens is 350 g/mol. The van der Waals surface area contributed by atoms with Gasteiger partial charge in [-0.1, -0.05) is 24.6 Å². The van der Waals surface area contributed by atoms with Gasteiger partial charge < -0.3 is 5.32 Å². The van der Waals surface area contributed by atoms with Crippen LogP contribution < -0.4 is 21.7 Å². The molecular formula is C18H21N5O2S. The highest BCUT2D eigenvalue weighted by Crippen LogP contribution is 2.44. The first kappa shape index (κ1) is 17.0. The SMILES string of the molecule is O=C(Cn1ncc2ccccc2c1=O)NNC(=S)N[C@@H]1C[C@@H]2CC[C@@H]1C2. The van der Waals surface area contributed by atoms with Gasteiger partial charge in [0.05, 0.1) is 11.6 Å². The van der Waals surface area contributed by atoms with Crippen molar-refractivity contribution in [2.75, 3.05) is 0 Å². The van der Waals surface area contributed by atoms with E-state index in [0.29, 0.717) is 22.5 Å². The lowest BCUT2D eigenvalue weighted by atomic mass is 9.96. The molecule has 0 unspecified atom stereocenters. The van der Waals surface area contributed by atoms with Gasteiger partial charge >= 0.3 is 0 Å². The summed E-state index contributed by atoms with van der Waals surface area (Å²) in [5.74, 6) is 1.13. The Morgan fingerprint density at radius 3 is 2.85 bits per heavy atom. The average molecular weight is 371 g/mol. The molecule has 26 heavy (non-hydrogen) atoms. The molecule has 7 nitrogen and oxygen atoms in total. The summed E-state index contributed by atoms with van der Waals surface area (Å²) < 4.78 is 1.14. The van der Waals surface area contributed by atoms with E-state index in [9.17, 15) is 9.59 Å². The molecule has 1 heterocycles. The zero-order valence-corrected chi connectivity index (χ0v) is 15.1. The second-order valence-electron chi connectivity index (χ2n) is 7.12. The van der Waals surface area contributed by atoms with Crippen LogP contribution in [0, 0.1) is 11.8 Å². The van der Waals surface area contributed by atoms with Gasteiger partial charge in [-0.3, -0.25) is 20.4 Å². The third kappa shape index (κ3) is 3.41. The van der Waals surface area contributed by atoms with Crippen molar-refractivity contribution in [2.45, 2.75) is 38.3 Å². The van der Waals surface area contributed by atoms with Gasteiger partial charge in [0.15, 0.2) is 5.11 Å². The Kier molecular flexibility index (Phi) is 4.58. The number of benzene rings is 1. The molecule has 1 aromatic heterocycles. The zero-order chi connectivity index (χ0) is 18.1. The molecule has 1 aromatic carbocycles. The normalized spacial score (nSPS) is 23.8. The van der Waals surface area contributed by atoms with Crippen molar-refractivity contribution in [3.05, 3.63) is 40.8 Å². The number of aromatic nitrogens is 2. The van der Waals surface area contributed by atoms with Gasteiger partial charge in [-0.05, 0) is 49.4 Å². The second-order valence-corrected chi connectivity index (χ2v) is 7.53. The Bertz CT molecular complexity index is 912. The summed E-state index contributed by atoms with van der Waals surface area (Å²) in [6, 6.07) is 7.57. The van der Waals surface area contributed by atoms with Gasteiger partial charge in [0.2, 0.25) is 0 Å². The van der Waals surface area contributed by atoms with Crippen molar-refractivity contribution >= 4 is 34.0 Å². The summed E-state index contributed by atoms with van der Waals surface area (Å²) in [5.41, 5.74) is 4.96. The first-order chi connectivity index (χ1) is 12.6. The predicted molar refractivity (Wildman–Crippen MR) is 102 cm³/mol. The molecule has 2 aliphatic rings. The Balaban J connectivity index is 1.31. The van der Waals surface area contributed by atoms with E-state index < -0.39 is 0 Å². The number of thiocarbonyl (C=S) groups is 1. The second kappa shape index (κ2) is 7.03. The molecule has 2 fully saturated rings. The summed E-state index contributed by atoms with van der Waals surface area (Å²) >= 11 is 5.26. The minimum Gasteiger partial charge on any atom is -0.358 e. The van der Waals surface area contributed by atoms with Crippen molar-refractivity contribution in [1.29, 1.82) is 0 Å². The lowest BCUT2D eigenvalue weighted by Crippen LogP contribution is -2.51. The van der Waals surface area contributed by atoms with E-state index in [2.05, 4.69) is 21.3 Å². The van der Waals surface area contributed by atoms with E-state index in [1.807, 2.05) is 12.1 Å². The smallest absolute Gasteiger partial charge is 0.275 e. The maximum atomic E-state index is 12.4. The molecule has 2 aromatic rings. The summed E-state index contributed by atoms with van der Waals surface area (Å²) in [4.78, 5) is 24.5. The molecule has 0 saturated heterocycles. The van der Waals surface area contributed by atoms with Gasteiger partial charge in [0, 0.05) is 11.4 Å². The van der Waals surface area contributed by atoms with E-state index in [-0.39, 0.29) is 18.0 Å². The number of carbonyl (C=O) groups excluding carboxylic acids is 1. The predicted octanol–water partition coefficient (Wildman–Crippen LogP) is 1.08. The summed E-state index contributed by atoms with van der Waals surface area (Å²) in [5, 5.41) is 9.04. The highest BCUT2D eigenvalue weighted by Gasteiger charge is 2.39. The van der Waals surface area contributed by atoms with Crippen LogP contribution in [0.25, 0.3) is 10.8 Å². The molecule has 8 heteroatoms. The first-order valence-electron chi connectivity index (χ1n) is 8.90. The minimum absolute atomic E-state index is 0.173. The maximum absolute atomic E-state index is 12.4. The number of hydrazine groups is 1. The number of hydrogen-bond acceptors (Lipinski definition) is 4. The van der Waals surface area contributed by atoms with Crippen LogP contribution >= 0.6 is 12.2 Å². The molecule has 136 valence electrons. The molecule has 0 spiro atoms. The summed E-state index contributed by atoms with van der Waals surface area (Å²) in [6.45, 7) is -0.173. The van der Waals surface area contributed by atoms with Gasteiger partial charge in [-0.15, -0.1) is 0 Å². The molecule has 0 radical (unpaired) electrons. The number of amides is 1. The highest BCUT2D eigenvalue weighted by atomic mass is 32.1. The van der Waals surface area contributed by atoms with Crippen molar-refractivity contribution in [3.8, 4) is 0 Å². The van der Waals surface area contributed by atoms with E-state index in [0.717, 1.165) is 22.4 Å². The molecule has 2 bridgehead atoms. The molecule has 2 aliphatic carbocycles. The molecule has 0 aliphatic heterocycles.